The number of aromatic amines is 1. The number of nitrogens with one attached hydrogen (secondary N) is 1. The number of β-amino-alcohol motifs (C(OH)–C–C–N with tert-alkyl or cyclic N) is 1. The Kier molecular flexibility index (Phi) is 5.08. The van der Waals surface area contributed by atoms with Gasteiger partial charge in [-0.3, -0.25) is 14.5 Å². The maximum atomic E-state index is 12.4. The van der Waals surface area contributed by atoms with E-state index in [4.69, 9.17) is 0 Å². The summed E-state index contributed by atoms with van der Waals surface area (Å²) in [6.07, 6.45) is 0.979. The van der Waals surface area contributed by atoms with Gasteiger partial charge in [-0.15, -0.1) is 0 Å². The molecule has 1 aliphatic rings. The molecule has 2 N–H and O–H groups in total. The van der Waals surface area contributed by atoms with Crippen molar-refractivity contribution in [2.24, 2.45) is 0 Å². The molecule has 24 heavy (non-hydrogen) atoms. The number of aliphatic hydroxyl groups is 1. The molecule has 1 aromatic carbocycles. The average molecular weight is 327 g/mol. The zero-order valence-electron chi connectivity index (χ0n) is 13.4. The number of H-pyrrole nitrogens is 1. The third-order valence-corrected chi connectivity index (χ3v) is 4.32. The molecule has 1 saturated heterocycles. The lowest BCUT2D eigenvalue weighted by molar-refractivity contribution is 0.0526. The highest BCUT2D eigenvalue weighted by atomic mass is 16.3. The van der Waals surface area contributed by atoms with Gasteiger partial charge in [-0.25, -0.2) is 0 Å². The van der Waals surface area contributed by atoms with Crippen molar-refractivity contribution in [2.45, 2.75) is 6.10 Å². The van der Waals surface area contributed by atoms with Crippen LogP contribution in [0.1, 0.15) is 22.0 Å². The number of hydrogen-bond donors (Lipinski definition) is 2. The van der Waals surface area contributed by atoms with Crippen LogP contribution in [0.5, 0.6) is 0 Å². The standard InChI is InChI=1S/C18H21N3O3/c22-16(14-5-2-1-3-6-14)13-20-9-11-21(12-10-20)18(24)15-7-4-8-19-17(15)23/h1-8,16,22H,9-13H2,(H,19,23)/t16-/m1/s1. The molecule has 0 aliphatic carbocycles. The monoisotopic (exact) mass is 327 g/mol. The van der Waals surface area contributed by atoms with E-state index >= 15 is 0 Å². The lowest BCUT2D eigenvalue weighted by Crippen LogP contribution is -2.50. The highest BCUT2D eigenvalue weighted by molar-refractivity contribution is 5.93. The molecule has 3 rings (SSSR count). The molecule has 1 atom stereocenters. The molecule has 0 unspecified atom stereocenters. The van der Waals surface area contributed by atoms with Gasteiger partial charge in [-0.1, -0.05) is 30.3 Å². The molecule has 2 heterocycles. The maximum Gasteiger partial charge on any atom is 0.260 e. The zero-order valence-corrected chi connectivity index (χ0v) is 13.4. The molecule has 1 amide bonds. The first kappa shape index (κ1) is 16.4. The van der Waals surface area contributed by atoms with E-state index in [1.165, 1.54) is 6.20 Å². The normalized spacial score (nSPS) is 16.8. The highest BCUT2D eigenvalue weighted by Crippen LogP contribution is 2.15. The summed E-state index contributed by atoms with van der Waals surface area (Å²) in [6.45, 7) is 3.00. The summed E-state index contributed by atoms with van der Waals surface area (Å²) in [5.41, 5.74) is 0.714. The van der Waals surface area contributed by atoms with Crippen molar-refractivity contribution in [3.8, 4) is 0 Å². The van der Waals surface area contributed by atoms with Crippen molar-refractivity contribution in [1.82, 2.24) is 14.8 Å². The van der Waals surface area contributed by atoms with Gasteiger partial charge in [0.05, 0.1) is 6.10 Å². The number of aromatic nitrogens is 1. The Hall–Kier alpha value is -2.44. The Morgan fingerprint density at radius 2 is 1.79 bits per heavy atom. The van der Waals surface area contributed by atoms with Crippen LogP contribution in [-0.2, 0) is 0 Å². The summed E-state index contributed by atoms with van der Waals surface area (Å²) < 4.78 is 0. The number of amides is 1. The molecule has 0 bridgehead atoms. The van der Waals surface area contributed by atoms with E-state index in [2.05, 4.69) is 9.88 Å². The number of aliphatic hydroxyl groups excluding tert-OH is 1. The number of hydrogen-bond acceptors (Lipinski definition) is 4. The van der Waals surface area contributed by atoms with Crippen LogP contribution in [0.25, 0.3) is 0 Å². The van der Waals surface area contributed by atoms with Crippen molar-refractivity contribution in [1.29, 1.82) is 0 Å². The van der Waals surface area contributed by atoms with Crippen molar-refractivity contribution < 1.29 is 9.90 Å². The molecule has 6 nitrogen and oxygen atoms in total. The number of pyridine rings is 1. The van der Waals surface area contributed by atoms with E-state index in [-0.39, 0.29) is 17.0 Å². The largest absolute Gasteiger partial charge is 0.387 e. The van der Waals surface area contributed by atoms with Gasteiger partial charge in [0.25, 0.3) is 11.5 Å². The Morgan fingerprint density at radius 3 is 2.46 bits per heavy atom. The van der Waals surface area contributed by atoms with Crippen LogP contribution in [0, 0.1) is 0 Å². The van der Waals surface area contributed by atoms with Crippen molar-refractivity contribution in [2.75, 3.05) is 32.7 Å². The molecule has 1 aliphatic heterocycles. The molecular formula is C18H21N3O3. The Morgan fingerprint density at radius 1 is 1.08 bits per heavy atom. The molecule has 0 radical (unpaired) electrons. The molecule has 6 heteroatoms. The number of nitrogens with zero attached hydrogens (tertiary/aromatic N) is 2. The minimum atomic E-state index is -0.537. The SMILES string of the molecule is O=C(c1ccc[nH]c1=O)N1CCN(C[C@@H](O)c2ccccc2)CC1. The van der Waals surface area contributed by atoms with Gasteiger partial charge >= 0.3 is 0 Å². The summed E-state index contributed by atoms with van der Waals surface area (Å²) >= 11 is 0. The molecule has 126 valence electrons. The quantitative estimate of drug-likeness (QED) is 0.873. The van der Waals surface area contributed by atoms with Gasteiger partial charge in [-0.2, -0.15) is 0 Å². The number of carbonyl (C=O) groups is 1. The summed E-state index contributed by atoms with van der Waals surface area (Å²) in [6, 6.07) is 12.8. The second kappa shape index (κ2) is 7.42. The third kappa shape index (κ3) is 3.72. The van der Waals surface area contributed by atoms with Gasteiger partial charge < -0.3 is 15.0 Å². The smallest absolute Gasteiger partial charge is 0.260 e. The van der Waals surface area contributed by atoms with Gasteiger partial charge in [0.1, 0.15) is 5.56 Å². The maximum absolute atomic E-state index is 12.4. The zero-order chi connectivity index (χ0) is 16.9. The second-order valence-corrected chi connectivity index (χ2v) is 5.93. The molecule has 0 saturated carbocycles. The Bertz CT molecular complexity index is 736. The molecule has 2 aromatic rings. The fourth-order valence-electron chi connectivity index (χ4n) is 2.92. The number of carbonyl (C=O) groups excluding carboxylic acids is 1. The topological polar surface area (TPSA) is 76.6 Å². The van der Waals surface area contributed by atoms with E-state index in [1.807, 2.05) is 30.3 Å². The van der Waals surface area contributed by atoms with Gasteiger partial charge in [0, 0.05) is 38.9 Å². The van der Waals surface area contributed by atoms with Crippen molar-refractivity contribution in [3.63, 3.8) is 0 Å². The van der Waals surface area contributed by atoms with Crippen LogP contribution in [-0.4, -0.2) is 58.5 Å². The summed E-state index contributed by atoms with van der Waals surface area (Å²) in [5.74, 6) is -0.236. The molecule has 0 spiro atoms. The van der Waals surface area contributed by atoms with Crippen molar-refractivity contribution >= 4 is 5.91 Å². The van der Waals surface area contributed by atoms with Gasteiger partial charge in [0.15, 0.2) is 0 Å². The predicted molar refractivity (Wildman–Crippen MR) is 90.8 cm³/mol. The highest BCUT2D eigenvalue weighted by Gasteiger charge is 2.24. The van der Waals surface area contributed by atoms with Crippen LogP contribution in [0.3, 0.4) is 0 Å². The van der Waals surface area contributed by atoms with Crippen molar-refractivity contribution in [3.05, 3.63) is 70.1 Å². The lowest BCUT2D eigenvalue weighted by atomic mass is 10.1. The summed E-state index contributed by atoms with van der Waals surface area (Å²) in [7, 11) is 0. The molecular weight excluding hydrogens is 306 g/mol. The van der Waals surface area contributed by atoms with Crippen LogP contribution in [0.15, 0.2) is 53.5 Å². The van der Waals surface area contributed by atoms with E-state index in [1.54, 1.807) is 17.0 Å². The average Bonchev–Trinajstić information content (AvgIpc) is 2.63. The first-order chi connectivity index (χ1) is 11.6. The fraction of sp³-hybridized carbons (Fsp3) is 0.333. The second-order valence-electron chi connectivity index (χ2n) is 5.93. The van der Waals surface area contributed by atoms with E-state index in [9.17, 15) is 14.7 Å². The fourth-order valence-corrected chi connectivity index (χ4v) is 2.92. The minimum absolute atomic E-state index is 0.176. The van der Waals surface area contributed by atoms with Crippen LogP contribution >= 0.6 is 0 Å². The summed E-state index contributed by atoms with van der Waals surface area (Å²) in [5, 5.41) is 10.3. The first-order valence-corrected chi connectivity index (χ1v) is 8.07. The van der Waals surface area contributed by atoms with Crippen LogP contribution in [0.4, 0.5) is 0 Å². The van der Waals surface area contributed by atoms with E-state index < -0.39 is 6.10 Å². The Balaban J connectivity index is 1.55. The number of rotatable bonds is 4. The summed E-state index contributed by atoms with van der Waals surface area (Å²) in [4.78, 5) is 30.5. The van der Waals surface area contributed by atoms with Crippen LogP contribution < -0.4 is 5.56 Å². The first-order valence-electron chi connectivity index (χ1n) is 8.07. The van der Waals surface area contributed by atoms with Crippen LogP contribution in [0.2, 0.25) is 0 Å². The Labute approximate surface area is 140 Å². The number of piperazine rings is 1. The van der Waals surface area contributed by atoms with E-state index in [0.29, 0.717) is 32.7 Å². The molecule has 1 aromatic heterocycles. The van der Waals surface area contributed by atoms with E-state index in [0.717, 1.165) is 5.56 Å². The molecule has 1 fully saturated rings. The minimum Gasteiger partial charge on any atom is -0.387 e. The number of benzene rings is 1. The van der Waals surface area contributed by atoms with Gasteiger partial charge in [0.2, 0.25) is 0 Å². The predicted octanol–water partition coefficient (Wildman–Crippen LogP) is 0.866. The third-order valence-electron chi connectivity index (χ3n) is 4.32. The van der Waals surface area contributed by atoms with Gasteiger partial charge in [-0.05, 0) is 17.7 Å². The lowest BCUT2D eigenvalue weighted by Gasteiger charge is -2.35.